The van der Waals surface area contributed by atoms with Crippen LogP contribution in [0.5, 0.6) is 0 Å². The molecule has 0 aliphatic heterocycles. The van der Waals surface area contributed by atoms with Crippen molar-refractivity contribution in [1.82, 2.24) is 14.9 Å². The largest absolute Gasteiger partial charge is 0.468 e. The van der Waals surface area contributed by atoms with Crippen molar-refractivity contribution in [2.45, 2.75) is 45.1 Å². The van der Waals surface area contributed by atoms with E-state index in [4.69, 9.17) is 0 Å². The first-order chi connectivity index (χ1) is 9.24. The average Bonchev–Trinajstić information content (AvgIpc) is 2.74. The topological polar surface area (TPSA) is 101 Å². The van der Waals surface area contributed by atoms with Gasteiger partial charge in [0.1, 0.15) is 10.9 Å². The van der Waals surface area contributed by atoms with Gasteiger partial charge in [0.2, 0.25) is 10.0 Å². The molecule has 0 amide bonds. The van der Waals surface area contributed by atoms with Crippen molar-refractivity contribution in [3.05, 3.63) is 11.4 Å². The number of sulfonamides is 1. The van der Waals surface area contributed by atoms with Crippen molar-refractivity contribution in [1.29, 1.82) is 0 Å². The molecule has 2 unspecified atom stereocenters. The van der Waals surface area contributed by atoms with Gasteiger partial charge in [-0.15, -0.1) is 0 Å². The number of ether oxygens (including phenoxy) is 1. The number of aromatic nitrogens is 2. The summed E-state index contributed by atoms with van der Waals surface area (Å²) in [6.45, 7) is 6.88. The average molecular weight is 303 g/mol. The van der Waals surface area contributed by atoms with E-state index in [2.05, 4.69) is 19.7 Å². The van der Waals surface area contributed by atoms with Crippen molar-refractivity contribution < 1.29 is 17.9 Å². The minimum absolute atomic E-state index is 0.0784. The van der Waals surface area contributed by atoms with E-state index in [-0.39, 0.29) is 10.8 Å². The van der Waals surface area contributed by atoms with Crippen LogP contribution in [0.15, 0.2) is 4.90 Å². The first-order valence-corrected chi connectivity index (χ1v) is 7.84. The lowest BCUT2D eigenvalue weighted by Crippen LogP contribution is -2.45. The second-order valence-electron chi connectivity index (χ2n) is 4.77. The number of hydrogen-bond donors (Lipinski definition) is 2. The molecule has 0 aromatic carbocycles. The van der Waals surface area contributed by atoms with Crippen LogP contribution in [-0.4, -0.2) is 37.7 Å². The Bertz CT molecular complexity index is 560. The number of nitrogens with one attached hydrogen (secondary N) is 2. The lowest BCUT2D eigenvalue weighted by Gasteiger charge is -2.21. The highest BCUT2D eigenvalue weighted by atomic mass is 32.2. The standard InChI is InChI=1S/C12H21N3O4S/c1-6-7(2)10(12(16)19-5)15-20(17,18)11-8(3)13-14-9(11)4/h7,10,15H,6H2,1-5H3,(H,13,14). The molecule has 2 N–H and O–H groups in total. The van der Waals surface area contributed by atoms with Crippen LogP contribution in [0.1, 0.15) is 31.7 Å². The van der Waals surface area contributed by atoms with Gasteiger partial charge in [-0.1, -0.05) is 20.3 Å². The van der Waals surface area contributed by atoms with Crippen LogP contribution >= 0.6 is 0 Å². The third-order valence-corrected chi connectivity index (χ3v) is 4.98. The Hall–Kier alpha value is -1.41. The Morgan fingerprint density at radius 3 is 2.45 bits per heavy atom. The van der Waals surface area contributed by atoms with Crippen molar-refractivity contribution >= 4 is 16.0 Å². The zero-order valence-electron chi connectivity index (χ0n) is 12.4. The lowest BCUT2D eigenvalue weighted by atomic mass is 10.0. The van der Waals surface area contributed by atoms with Crippen LogP contribution in [0.4, 0.5) is 0 Å². The van der Waals surface area contributed by atoms with E-state index in [9.17, 15) is 13.2 Å². The molecule has 0 saturated carbocycles. The summed E-state index contributed by atoms with van der Waals surface area (Å²) in [4.78, 5) is 11.8. The Labute approximate surface area is 119 Å². The van der Waals surface area contributed by atoms with Crippen molar-refractivity contribution in [3.8, 4) is 0 Å². The summed E-state index contributed by atoms with van der Waals surface area (Å²) in [6.07, 6.45) is 0.644. The van der Waals surface area contributed by atoms with Gasteiger partial charge in [-0.3, -0.25) is 9.89 Å². The fourth-order valence-electron chi connectivity index (χ4n) is 1.92. The number of rotatable bonds is 6. The molecule has 0 spiro atoms. The predicted molar refractivity (Wildman–Crippen MR) is 73.6 cm³/mol. The van der Waals surface area contributed by atoms with Gasteiger partial charge in [0.05, 0.1) is 18.5 Å². The lowest BCUT2D eigenvalue weighted by molar-refractivity contribution is -0.143. The summed E-state index contributed by atoms with van der Waals surface area (Å²) in [5.74, 6) is -0.772. The van der Waals surface area contributed by atoms with E-state index in [1.54, 1.807) is 20.8 Å². The third kappa shape index (κ3) is 3.37. The maximum absolute atomic E-state index is 12.4. The van der Waals surface area contributed by atoms with Crippen molar-refractivity contribution in [2.24, 2.45) is 5.92 Å². The summed E-state index contributed by atoms with van der Waals surface area (Å²) < 4.78 is 31.9. The van der Waals surface area contributed by atoms with Gasteiger partial charge in [-0.25, -0.2) is 8.42 Å². The number of methoxy groups -OCH3 is 1. The van der Waals surface area contributed by atoms with Crippen LogP contribution in [0.2, 0.25) is 0 Å². The molecule has 114 valence electrons. The van der Waals surface area contributed by atoms with Crippen LogP contribution < -0.4 is 4.72 Å². The van der Waals surface area contributed by atoms with Crippen molar-refractivity contribution in [2.75, 3.05) is 7.11 Å². The molecule has 0 fully saturated rings. The van der Waals surface area contributed by atoms with Gasteiger partial charge in [0.15, 0.2) is 0 Å². The predicted octanol–water partition coefficient (Wildman–Crippen LogP) is 0.893. The summed E-state index contributed by atoms with van der Waals surface area (Å²) in [5.41, 5.74) is 0.797. The number of H-pyrrole nitrogens is 1. The van der Waals surface area contributed by atoms with Gasteiger partial charge >= 0.3 is 5.97 Å². The molecule has 0 aliphatic rings. The molecule has 1 aromatic rings. The van der Waals surface area contributed by atoms with E-state index >= 15 is 0 Å². The molecule has 1 aromatic heterocycles. The molecular weight excluding hydrogens is 282 g/mol. The normalized spacial score (nSPS) is 14.8. The van der Waals surface area contributed by atoms with Gasteiger partial charge in [-0.2, -0.15) is 9.82 Å². The quantitative estimate of drug-likeness (QED) is 0.760. The highest BCUT2D eigenvalue weighted by Crippen LogP contribution is 2.19. The molecule has 1 rings (SSSR count). The summed E-state index contributed by atoms with van der Waals surface area (Å²) in [5, 5.41) is 6.48. The highest BCUT2D eigenvalue weighted by Gasteiger charge is 2.32. The fourth-order valence-corrected chi connectivity index (χ4v) is 3.59. The van der Waals surface area contributed by atoms with Crippen molar-refractivity contribution in [3.63, 3.8) is 0 Å². The van der Waals surface area contributed by atoms with E-state index in [1.807, 2.05) is 6.92 Å². The molecular formula is C12H21N3O4S. The second kappa shape index (κ2) is 6.36. The molecule has 7 nitrogen and oxygen atoms in total. The molecule has 0 aliphatic carbocycles. The number of aryl methyl sites for hydroxylation is 2. The van der Waals surface area contributed by atoms with Gasteiger partial charge in [0, 0.05) is 0 Å². The van der Waals surface area contributed by atoms with E-state index in [0.717, 1.165) is 0 Å². The fraction of sp³-hybridized carbons (Fsp3) is 0.667. The Morgan fingerprint density at radius 2 is 2.05 bits per heavy atom. The smallest absolute Gasteiger partial charge is 0.324 e. The SMILES string of the molecule is CCC(C)C(NS(=O)(=O)c1c(C)n[nH]c1C)C(=O)OC. The first kappa shape index (κ1) is 16.6. The summed E-state index contributed by atoms with van der Waals surface area (Å²) in [7, 11) is -2.60. The monoisotopic (exact) mass is 303 g/mol. The van der Waals surface area contributed by atoms with Crippen LogP contribution in [-0.2, 0) is 19.6 Å². The highest BCUT2D eigenvalue weighted by molar-refractivity contribution is 7.89. The Kier molecular flexibility index (Phi) is 5.29. The van der Waals surface area contributed by atoms with Crippen LogP contribution in [0.25, 0.3) is 0 Å². The molecule has 1 heterocycles. The van der Waals surface area contributed by atoms with E-state index in [1.165, 1.54) is 7.11 Å². The van der Waals surface area contributed by atoms with E-state index in [0.29, 0.717) is 17.8 Å². The molecule has 20 heavy (non-hydrogen) atoms. The first-order valence-electron chi connectivity index (χ1n) is 6.36. The number of carbonyl (C=O) groups is 1. The minimum Gasteiger partial charge on any atom is -0.468 e. The molecule has 0 saturated heterocycles. The zero-order chi connectivity index (χ0) is 15.5. The number of nitrogens with zero attached hydrogens (tertiary/aromatic N) is 1. The maximum Gasteiger partial charge on any atom is 0.324 e. The third-order valence-electron chi connectivity index (χ3n) is 3.28. The maximum atomic E-state index is 12.4. The zero-order valence-corrected chi connectivity index (χ0v) is 13.2. The second-order valence-corrected chi connectivity index (χ2v) is 6.42. The molecule has 0 radical (unpaired) electrons. The minimum atomic E-state index is -3.83. The Balaban J connectivity index is 3.13. The molecule has 8 heteroatoms. The van der Waals surface area contributed by atoms with Crippen LogP contribution in [0.3, 0.4) is 0 Å². The van der Waals surface area contributed by atoms with E-state index < -0.39 is 22.0 Å². The number of esters is 1. The molecule has 0 bridgehead atoms. The number of hydrogen-bond acceptors (Lipinski definition) is 5. The number of aromatic amines is 1. The summed E-state index contributed by atoms with van der Waals surface area (Å²) >= 11 is 0. The van der Waals surface area contributed by atoms with Gasteiger partial charge in [-0.05, 0) is 19.8 Å². The van der Waals surface area contributed by atoms with Gasteiger partial charge < -0.3 is 4.74 Å². The molecule has 2 atom stereocenters. The Morgan fingerprint density at radius 1 is 1.45 bits per heavy atom. The van der Waals surface area contributed by atoms with Gasteiger partial charge in [0.25, 0.3) is 0 Å². The van der Waals surface area contributed by atoms with Crippen LogP contribution in [0, 0.1) is 19.8 Å². The summed E-state index contributed by atoms with van der Waals surface area (Å²) in [6, 6.07) is -0.913. The number of carbonyl (C=O) groups excluding carboxylic acids is 1.